The fourth-order valence-corrected chi connectivity index (χ4v) is 2.56. The molecule has 1 fully saturated rings. The van der Waals surface area contributed by atoms with Crippen LogP contribution in [-0.4, -0.2) is 48.2 Å². The van der Waals surface area contributed by atoms with E-state index in [9.17, 15) is 9.18 Å². The number of hydrogen-bond acceptors (Lipinski definition) is 5. The monoisotopic (exact) mass is 405 g/mol. The Kier molecular flexibility index (Phi) is 10.7. The fraction of sp³-hybridized carbons (Fsp3) is 0.455. The molecule has 0 amide bonds. The van der Waals surface area contributed by atoms with Gasteiger partial charge in [0.1, 0.15) is 5.82 Å². The number of carboxylic acid groups (broad SMARTS) is 1. The van der Waals surface area contributed by atoms with E-state index < -0.39 is 11.9 Å². The summed E-state index contributed by atoms with van der Waals surface area (Å²) in [6.07, 6.45) is 4.31. The lowest BCUT2D eigenvalue weighted by atomic mass is 10.00. The first-order chi connectivity index (χ1) is 13.7. The van der Waals surface area contributed by atoms with Gasteiger partial charge < -0.3 is 20.5 Å². The summed E-state index contributed by atoms with van der Waals surface area (Å²) in [5, 5.41) is 8.70. The third kappa shape index (κ3) is 9.89. The average molecular weight is 406 g/mol. The second kappa shape index (κ2) is 12.7. The molecule has 160 valence electrons. The number of rotatable bonds is 3. The zero-order valence-corrected chi connectivity index (χ0v) is 17.6. The Balaban J connectivity index is 0.000000228. The zero-order valence-electron chi connectivity index (χ0n) is 17.6. The minimum atomic E-state index is -0.855. The fourth-order valence-electron chi connectivity index (χ4n) is 2.56. The van der Waals surface area contributed by atoms with Gasteiger partial charge in [-0.2, -0.15) is 0 Å². The number of likely N-dealkylation sites (tertiary alicyclic amines) is 1. The maximum atomic E-state index is 12.1. The number of aliphatic carboxylic acids is 1. The summed E-state index contributed by atoms with van der Waals surface area (Å²) in [4.78, 5) is 16.9. The molecule has 0 bridgehead atoms. The maximum absolute atomic E-state index is 12.1. The van der Waals surface area contributed by atoms with Gasteiger partial charge in [-0.15, -0.1) is 0 Å². The van der Waals surface area contributed by atoms with Crippen molar-refractivity contribution in [2.75, 3.05) is 33.0 Å². The molecular formula is C22H32FN3O3. The Morgan fingerprint density at radius 1 is 1.31 bits per heavy atom. The van der Waals surface area contributed by atoms with Gasteiger partial charge in [-0.05, 0) is 69.6 Å². The molecule has 1 aliphatic heterocycles. The Labute approximate surface area is 172 Å². The van der Waals surface area contributed by atoms with Crippen molar-refractivity contribution >= 4 is 11.7 Å². The number of hydrogen-bond donors (Lipinski definition) is 2. The van der Waals surface area contributed by atoms with Crippen LogP contribution in [-0.2, 0) is 4.79 Å². The van der Waals surface area contributed by atoms with E-state index in [4.69, 9.17) is 15.6 Å². The normalized spacial score (nSPS) is 15.2. The van der Waals surface area contributed by atoms with Crippen molar-refractivity contribution in [1.29, 1.82) is 0 Å². The number of nitrogens with zero attached hydrogens (tertiary/aromatic N) is 2. The highest BCUT2D eigenvalue weighted by Gasteiger charge is 2.13. The Morgan fingerprint density at radius 2 is 1.97 bits per heavy atom. The maximum Gasteiger partial charge on any atom is 0.310 e. The predicted octanol–water partition coefficient (Wildman–Crippen LogP) is 4.03. The molecule has 2 heterocycles. The van der Waals surface area contributed by atoms with E-state index in [2.05, 4.69) is 23.9 Å². The van der Waals surface area contributed by atoms with Gasteiger partial charge >= 0.3 is 5.97 Å². The summed E-state index contributed by atoms with van der Waals surface area (Å²) >= 11 is 0. The SMILES string of the molecule is CC1CCN(C)CC1.COc1ccc(C(C)C(=O)O)cn1.Nc1cccc(F)c1. The number of carbonyl (C=O) groups is 1. The van der Waals surface area contributed by atoms with Gasteiger partial charge in [0.25, 0.3) is 0 Å². The number of nitrogens with two attached hydrogens (primary N) is 1. The van der Waals surface area contributed by atoms with Crippen molar-refractivity contribution in [3.05, 3.63) is 54.0 Å². The van der Waals surface area contributed by atoms with Crippen molar-refractivity contribution in [1.82, 2.24) is 9.88 Å². The van der Waals surface area contributed by atoms with Crippen molar-refractivity contribution in [3.63, 3.8) is 0 Å². The van der Waals surface area contributed by atoms with Gasteiger partial charge in [0.05, 0.1) is 13.0 Å². The number of piperidine rings is 1. The van der Waals surface area contributed by atoms with Crippen LogP contribution >= 0.6 is 0 Å². The molecule has 0 aliphatic carbocycles. The highest BCUT2D eigenvalue weighted by Crippen LogP contribution is 2.16. The van der Waals surface area contributed by atoms with Crippen LogP contribution in [0.1, 0.15) is 38.2 Å². The van der Waals surface area contributed by atoms with Crippen LogP contribution in [0.3, 0.4) is 0 Å². The number of halogens is 1. The van der Waals surface area contributed by atoms with Crippen LogP contribution in [0.25, 0.3) is 0 Å². The summed E-state index contributed by atoms with van der Waals surface area (Å²) in [6.45, 7) is 6.57. The summed E-state index contributed by atoms with van der Waals surface area (Å²) in [5.74, 6) is -0.206. The molecule has 1 saturated heterocycles. The third-order valence-corrected chi connectivity index (χ3v) is 4.69. The molecule has 6 nitrogen and oxygen atoms in total. The highest BCUT2D eigenvalue weighted by molar-refractivity contribution is 5.75. The van der Waals surface area contributed by atoms with E-state index in [1.165, 1.54) is 51.4 Å². The molecule has 2 aromatic rings. The van der Waals surface area contributed by atoms with Crippen LogP contribution in [0.5, 0.6) is 5.88 Å². The average Bonchev–Trinajstić information content (AvgIpc) is 2.70. The molecule has 0 saturated carbocycles. The Bertz CT molecular complexity index is 705. The second-order valence-electron chi connectivity index (χ2n) is 7.23. The van der Waals surface area contributed by atoms with Crippen molar-refractivity contribution in [2.24, 2.45) is 5.92 Å². The molecule has 1 aliphatic rings. The van der Waals surface area contributed by atoms with Gasteiger partial charge in [0.2, 0.25) is 5.88 Å². The van der Waals surface area contributed by atoms with E-state index in [-0.39, 0.29) is 5.82 Å². The summed E-state index contributed by atoms with van der Waals surface area (Å²) < 4.78 is 16.9. The number of pyridine rings is 1. The lowest BCUT2D eigenvalue weighted by molar-refractivity contribution is -0.138. The number of benzene rings is 1. The number of carboxylic acids is 1. The molecule has 0 spiro atoms. The number of aromatic nitrogens is 1. The van der Waals surface area contributed by atoms with Gasteiger partial charge in [-0.3, -0.25) is 4.79 Å². The Morgan fingerprint density at radius 3 is 2.34 bits per heavy atom. The number of methoxy groups -OCH3 is 1. The quantitative estimate of drug-likeness (QED) is 0.750. The van der Waals surface area contributed by atoms with Gasteiger partial charge in [-0.1, -0.05) is 19.1 Å². The van der Waals surface area contributed by atoms with Crippen molar-refractivity contribution < 1.29 is 19.0 Å². The van der Waals surface area contributed by atoms with Crippen LogP contribution in [0.2, 0.25) is 0 Å². The molecule has 1 aromatic carbocycles. The molecule has 29 heavy (non-hydrogen) atoms. The predicted molar refractivity (Wildman–Crippen MR) is 114 cm³/mol. The van der Waals surface area contributed by atoms with E-state index in [0.29, 0.717) is 17.1 Å². The minimum Gasteiger partial charge on any atom is -0.481 e. The minimum absolute atomic E-state index is 0.287. The van der Waals surface area contributed by atoms with Crippen LogP contribution in [0, 0.1) is 11.7 Å². The van der Waals surface area contributed by atoms with Crippen LogP contribution < -0.4 is 10.5 Å². The smallest absolute Gasteiger partial charge is 0.310 e. The van der Waals surface area contributed by atoms with Gasteiger partial charge in [0.15, 0.2) is 0 Å². The first-order valence-corrected chi connectivity index (χ1v) is 9.65. The molecule has 7 heteroatoms. The summed E-state index contributed by atoms with van der Waals surface area (Å²) in [7, 11) is 3.72. The largest absolute Gasteiger partial charge is 0.481 e. The molecule has 1 atom stereocenters. The number of nitrogen functional groups attached to an aromatic ring is 1. The van der Waals surface area contributed by atoms with Crippen molar-refractivity contribution in [2.45, 2.75) is 32.6 Å². The van der Waals surface area contributed by atoms with Gasteiger partial charge in [0, 0.05) is 18.0 Å². The first kappa shape index (κ1) is 24.4. The topological polar surface area (TPSA) is 88.7 Å². The zero-order chi connectivity index (χ0) is 21.8. The van der Waals surface area contributed by atoms with Gasteiger partial charge in [-0.25, -0.2) is 9.37 Å². The molecule has 0 radical (unpaired) electrons. The van der Waals surface area contributed by atoms with E-state index in [1.807, 2.05) is 0 Å². The van der Waals surface area contributed by atoms with Crippen LogP contribution in [0.15, 0.2) is 42.6 Å². The molecule has 3 N–H and O–H groups in total. The lowest BCUT2D eigenvalue weighted by Gasteiger charge is -2.26. The highest BCUT2D eigenvalue weighted by atomic mass is 19.1. The molecular weight excluding hydrogens is 373 g/mol. The Hall–Kier alpha value is -2.67. The summed E-state index contributed by atoms with van der Waals surface area (Å²) in [6, 6.07) is 9.20. The lowest BCUT2D eigenvalue weighted by Crippen LogP contribution is -2.28. The second-order valence-corrected chi connectivity index (χ2v) is 7.23. The van der Waals surface area contributed by atoms with E-state index >= 15 is 0 Å². The van der Waals surface area contributed by atoms with E-state index in [0.717, 1.165) is 5.92 Å². The first-order valence-electron chi connectivity index (χ1n) is 9.65. The van der Waals surface area contributed by atoms with Crippen LogP contribution in [0.4, 0.5) is 10.1 Å². The molecule has 3 rings (SSSR count). The number of ether oxygens (including phenoxy) is 1. The van der Waals surface area contributed by atoms with E-state index in [1.54, 1.807) is 31.2 Å². The number of anilines is 1. The molecule has 1 aromatic heterocycles. The molecule has 1 unspecified atom stereocenters. The standard InChI is InChI=1S/C9H11NO3.C7H15N.C6H6FN/c1-6(9(11)12)7-3-4-8(13-2)10-5-7;1-7-3-5-8(2)6-4-7;7-5-2-1-3-6(8)4-5/h3-6H,1-2H3,(H,11,12);7H,3-6H2,1-2H3;1-4H,8H2. The summed E-state index contributed by atoms with van der Waals surface area (Å²) in [5.41, 5.74) is 6.36. The third-order valence-electron chi connectivity index (χ3n) is 4.69. The van der Waals surface area contributed by atoms with Crippen molar-refractivity contribution in [3.8, 4) is 5.88 Å².